The number of rotatable bonds is 8. The second-order valence-electron chi connectivity index (χ2n) is 11.6. The van der Waals surface area contributed by atoms with E-state index in [0.29, 0.717) is 18.6 Å². The Morgan fingerprint density at radius 3 is 2.14 bits per heavy atom. The van der Waals surface area contributed by atoms with Gasteiger partial charge in [0.15, 0.2) is 0 Å². The minimum Gasteiger partial charge on any atom is -0.495 e. The van der Waals surface area contributed by atoms with Crippen LogP contribution in [-0.2, 0) is 5.41 Å². The maximum absolute atomic E-state index is 10.6. The number of nitrogens with zero attached hydrogens (tertiary/aromatic N) is 2. The standard InChI is InChI=1S/C30H40N2O3/c1-34-29-5-3-2-4-28(29)32-12-10-31(11-13-32)20-26(33)21-35-27-8-6-25(7-9-27)30-17-22-14-23(18-30)16-24(15-22)19-30/h2-9,22-24,26,33H,10-21H2,1H3/t22?,23?,24?,26-,30?/m1/s1. The number of benzene rings is 2. The van der Waals surface area contributed by atoms with Gasteiger partial charge in [-0.05, 0) is 91.5 Å². The van der Waals surface area contributed by atoms with E-state index < -0.39 is 6.10 Å². The van der Waals surface area contributed by atoms with E-state index in [4.69, 9.17) is 9.47 Å². The van der Waals surface area contributed by atoms with Crippen molar-refractivity contribution in [1.29, 1.82) is 0 Å². The second kappa shape index (κ2) is 9.67. The van der Waals surface area contributed by atoms with Gasteiger partial charge in [-0.3, -0.25) is 4.90 Å². The average Bonchev–Trinajstić information content (AvgIpc) is 2.87. The molecule has 1 saturated heterocycles. The molecule has 0 aromatic heterocycles. The molecule has 0 amide bonds. The van der Waals surface area contributed by atoms with Crippen molar-refractivity contribution in [3.05, 3.63) is 54.1 Å². The normalized spacial score (nSPS) is 30.9. The van der Waals surface area contributed by atoms with Crippen LogP contribution in [0, 0.1) is 17.8 Å². The highest BCUT2D eigenvalue weighted by Crippen LogP contribution is 2.60. The molecule has 2 aromatic rings. The number of methoxy groups -OCH3 is 1. The van der Waals surface area contributed by atoms with E-state index in [0.717, 1.165) is 61.1 Å². The Balaban J connectivity index is 0.978. The zero-order chi connectivity index (χ0) is 23.8. The molecule has 1 heterocycles. The number of para-hydroxylation sites is 2. The molecule has 4 saturated carbocycles. The summed E-state index contributed by atoms with van der Waals surface area (Å²) in [6, 6.07) is 17.1. The molecule has 0 radical (unpaired) electrons. The van der Waals surface area contributed by atoms with Gasteiger partial charge in [-0.15, -0.1) is 0 Å². The van der Waals surface area contributed by atoms with Gasteiger partial charge in [-0.2, -0.15) is 0 Å². The molecule has 4 aliphatic carbocycles. The van der Waals surface area contributed by atoms with Gasteiger partial charge in [0, 0.05) is 32.7 Å². The van der Waals surface area contributed by atoms with Gasteiger partial charge in [-0.1, -0.05) is 24.3 Å². The number of piperazine rings is 1. The topological polar surface area (TPSA) is 45.2 Å². The van der Waals surface area contributed by atoms with Gasteiger partial charge in [-0.25, -0.2) is 0 Å². The molecule has 2 aromatic carbocycles. The first-order chi connectivity index (χ1) is 17.1. The summed E-state index contributed by atoms with van der Waals surface area (Å²) in [5.41, 5.74) is 3.10. The Kier molecular flexibility index (Phi) is 6.40. The molecule has 0 unspecified atom stereocenters. The van der Waals surface area contributed by atoms with Crippen LogP contribution in [0.2, 0.25) is 0 Å². The van der Waals surface area contributed by atoms with Gasteiger partial charge in [0.1, 0.15) is 24.2 Å². The summed E-state index contributed by atoms with van der Waals surface area (Å²) < 4.78 is 11.5. The third kappa shape index (κ3) is 4.77. The van der Waals surface area contributed by atoms with Crippen molar-refractivity contribution in [1.82, 2.24) is 4.90 Å². The van der Waals surface area contributed by atoms with Crippen LogP contribution in [0.1, 0.15) is 44.1 Å². The quantitative estimate of drug-likeness (QED) is 0.597. The Bertz CT molecular complexity index is 964. The fourth-order valence-electron chi connectivity index (χ4n) is 7.97. The van der Waals surface area contributed by atoms with E-state index >= 15 is 0 Å². The third-order valence-corrected chi connectivity index (χ3v) is 9.21. The molecule has 0 spiro atoms. The van der Waals surface area contributed by atoms with Crippen LogP contribution in [0.25, 0.3) is 0 Å². The molecule has 1 atom stereocenters. The molecular weight excluding hydrogens is 436 g/mol. The van der Waals surface area contributed by atoms with Crippen molar-refractivity contribution < 1.29 is 14.6 Å². The second-order valence-corrected chi connectivity index (χ2v) is 11.6. The van der Waals surface area contributed by atoms with Crippen LogP contribution >= 0.6 is 0 Å². The summed E-state index contributed by atoms with van der Waals surface area (Å²) in [4.78, 5) is 4.69. The molecule has 1 N–H and O–H groups in total. The van der Waals surface area contributed by atoms with Crippen molar-refractivity contribution in [2.75, 3.05) is 51.3 Å². The number of hydrogen-bond acceptors (Lipinski definition) is 5. The average molecular weight is 477 g/mol. The molecule has 4 bridgehead atoms. The fraction of sp³-hybridized carbons (Fsp3) is 0.600. The van der Waals surface area contributed by atoms with Crippen LogP contribution in [0.3, 0.4) is 0 Å². The number of ether oxygens (including phenoxy) is 2. The van der Waals surface area contributed by atoms with Crippen molar-refractivity contribution in [2.24, 2.45) is 17.8 Å². The molecule has 35 heavy (non-hydrogen) atoms. The highest BCUT2D eigenvalue weighted by molar-refractivity contribution is 5.58. The first-order valence-electron chi connectivity index (χ1n) is 13.6. The lowest BCUT2D eigenvalue weighted by molar-refractivity contribution is -0.00522. The zero-order valence-electron chi connectivity index (χ0n) is 21.1. The van der Waals surface area contributed by atoms with Gasteiger partial charge < -0.3 is 19.5 Å². The Labute approximate surface area is 210 Å². The number of β-amino-alcohol motifs (C(OH)–C–C–N with tert-alkyl or cyclic N) is 1. The summed E-state index contributed by atoms with van der Waals surface area (Å²) in [5, 5.41) is 10.6. The Morgan fingerprint density at radius 1 is 0.886 bits per heavy atom. The van der Waals surface area contributed by atoms with E-state index in [-0.39, 0.29) is 0 Å². The molecule has 188 valence electrons. The molecule has 5 fully saturated rings. The van der Waals surface area contributed by atoms with E-state index in [1.54, 1.807) is 7.11 Å². The molecular formula is C30H40N2O3. The van der Waals surface area contributed by atoms with Gasteiger partial charge in [0.05, 0.1) is 12.8 Å². The highest BCUT2D eigenvalue weighted by atomic mass is 16.5. The van der Waals surface area contributed by atoms with Crippen LogP contribution in [0.5, 0.6) is 11.5 Å². The van der Waals surface area contributed by atoms with Crippen LogP contribution < -0.4 is 14.4 Å². The van der Waals surface area contributed by atoms with E-state index in [1.165, 1.54) is 44.1 Å². The summed E-state index contributed by atoms with van der Waals surface area (Å²) >= 11 is 0. The van der Waals surface area contributed by atoms with Crippen molar-refractivity contribution in [3.63, 3.8) is 0 Å². The predicted molar refractivity (Wildman–Crippen MR) is 139 cm³/mol. The van der Waals surface area contributed by atoms with Crippen molar-refractivity contribution in [2.45, 2.75) is 50.0 Å². The van der Waals surface area contributed by atoms with Crippen LogP contribution in [0.15, 0.2) is 48.5 Å². The largest absolute Gasteiger partial charge is 0.495 e. The smallest absolute Gasteiger partial charge is 0.142 e. The Hall–Kier alpha value is -2.24. The number of hydrogen-bond donors (Lipinski definition) is 1. The number of anilines is 1. The van der Waals surface area contributed by atoms with Gasteiger partial charge in [0.2, 0.25) is 0 Å². The Morgan fingerprint density at radius 2 is 1.51 bits per heavy atom. The molecule has 5 aliphatic rings. The van der Waals surface area contributed by atoms with Gasteiger partial charge in [0.25, 0.3) is 0 Å². The summed E-state index contributed by atoms with van der Waals surface area (Å²) in [6.07, 6.45) is 8.12. The maximum atomic E-state index is 10.6. The van der Waals surface area contributed by atoms with E-state index in [1.807, 2.05) is 12.1 Å². The van der Waals surface area contributed by atoms with Crippen molar-refractivity contribution >= 4 is 5.69 Å². The van der Waals surface area contributed by atoms with E-state index in [9.17, 15) is 5.11 Å². The fourth-order valence-corrected chi connectivity index (χ4v) is 7.97. The van der Waals surface area contributed by atoms with Gasteiger partial charge >= 0.3 is 0 Å². The maximum Gasteiger partial charge on any atom is 0.142 e. The lowest BCUT2D eigenvalue weighted by atomic mass is 9.48. The summed E-state index contributed by atoms with van der Waals surface area (Å²) in [5.74, 6) is 4.68. The first kappa shape index (κ1) is 23.2. The molecule has 5 heteroatoms. The predicted octanol–water partition coefficient (Wildman–Crippen LogP) is 4.72. The number of aliphatic hydroxyl groups excluding tert-OH is 1. The summed E-state index contributed by atoms with van der Waals surface area (Å²) in [7, 11) is 1.72. The van der Waals surface area contributed by atoms with E-state index in [2.05, 4.69) is 46.2 Å². The zero-order valence-corrected chi connectivity index (χ0v) is 21.1. The first-order valence-corrected chi connectivity index (χ1v) is 13.6. The molecule has 5 nitrogen and oxygen atoms in total. The monoisotopic (exact) mass is 476 g/mol. The highest BCUT2D eigenvalue weighted by Gasteiger charge is 2.51. The molecule has 1 aliphatic heterocycles. The summed E-state index contributed by atoms with van der Waals surface area (Å²) in [6.45, 7) is 4.69. The lowest BCUT2D eigenvalue weighted by Crippen LogP contribution is -2.49. The lowest BCUT2D eigenvalue weighted by Gasteiger charge is -2.57. The third-order valence-electron chi connectivity index (χ3n) is 9.21. The molecule has 7 rings (SSSR count). The van der Waals surface area contributed by atoms with Crippen LogP contribution in [-0.4, -0.2) is 62.6 Å². The SMILES string of the molecule is COc1ccccc1N1CCN(C[C@@H](O)COc2ccc(C34CC5CC(CC(C5)C3)C4)cc2)CC1. The van der Waals surface area contributed by atoms with Crippen molar-refractivity contribution in [3.8, 4) is 11.5 Å². The minimum absolute atomic E-state index is 0.337. The van der Waals surface area contributed by atoms with Crippen LogP contribution in [0.4, 0.5) is 5.69 Å². The number of aliphatic hydroxyl groups is 1. The minimum atomic E-state index is -0.490.